The van der Waals surface area contributed by atoms with E-state index >= 15 is 0 Å². The Labute approximate surface area is 115 Å². The minimum Gasteiger partial charge on any atom is -0.497 e. The van der Waals surface area contributed by atoms with Gasteiger partial charge in [0.05, 0.1) is 20.3 Å². The molecule has 0 heterocycles. The zero-order chi connectivity index (χ0) is 14.3. The summed E-state index contributed by atoms with van der Waals surface area (Å²) in [5.74, 6) is 1.34. The number of nitrogens with one attached hydrogen (secondary N) is 1. The Morgan fingerprint density at radius 2 is 2.11 bits per heavy atom. The second kappa shape index (κ2) is 7.81. The highest BCUT2D eigenvalue weighted by Gasteiger charge is 2.22. The summed E-state index contributed by atoms with van der Waals surface area (Å²) in [5.41, 5.74) is 0.756. The lowest BCUT2D eigenvalue weighted by molar-refractivity contribution is 0.125. The van der Waals surface area contributed by atoms with Crippen molar-refractivity contribution >= 4 is 0 Å². The van der Waals surface area contributed by atoms with Crippen LogP contribution < -0.4 is 14.8 Å². The van der Waals surface area contributed by atoms with E-state index in [9.17, 15) is 5.11 Å². The fraction of sp³-hybridized carbons (Fsp3) is 0.467. The molecule has 1 aromatic rings. The third-order valence-electron chi connectivity index (χ3n) is 3.10. The summed E-state index contributed by atoms with van der Waals surface area (Å²) >= 11 is 0. The lowest BCUT2D eigenvalue weighted by Crippen LogP contribution is -2.34. The first kappa shape index (κ1) is 15.5. The first-order chi connectivity index (χ1) is 9.17. The van der Waals surface area contributed by atoms with E-state index in [4.69, 9.17) is 9.47 Å². The zero-order valence-electron chi connectivity index (χ0n) is 11.8. The fourth-order valence-corrected chi connectivity index (χ4v) is 1.99. The molecule has 2 atom stereocenters. The van der Waals surface area contributed by atoms with Gasteiger partial charge in [-0.25, -0.2) is 0 Å². The average molecular weight is 265 g/mol. The number of rotatable bonds is 8. The molecule has 0 amide bonds. The highest BCUT2D eigenvalue weighted by molar-refractivity contribution is 5.42. The van der Waals surface area contributed by atoms with Crippen molar-refractivity contribution in [1.29, 1.82) is 0 Å². The molecule has 0 aromatic heterocycles. The van der Waals surface area contributed by atoms with Crippen LogP contribution in [0.2, 0.25) is 0 Å². The molecule has 0 saturated carbocycles. The van der Waals surface area contributed by atoms with Crippen LogP contribution in [0, 0.1) is 0 Å². The van der Waals surface area contributed by atoms with Gasteiger partial charge in [0.25, 0.3) is 0 Å². The fourth-order valence-electron chi connectivity index (χ4n) is 1.99. The molecule has 0 aliphatic rings. The first-order valence-electron chi connectivity index (χ1n) is 6.42. The molecule has 0 spiro atoms. The van der Waals surface area contributed by atoms with Gasteiger partial charge in [0.1, 0.15) is 11.5 Å². The molecule has 2 N–H and O–H groups in total. The van der Waals surface area contributed by atoms with Crippen molar-refractivity contribution in [2.75, 3.05) is 20.8 Å². The Kier molecular flexibility index (Phi) is 6.39. The van der Waals surface area contributed by atoms with Gasteiger partial charge in [-0.05, 0) is 18.6 Å². The molecule has 0 fully saturated rings. The number of aliphatic hydroxyl groups is 1. The standard InChI is InChI=1S/C15H23NO3/c1-5-9-16-13(6-2)15(17)12-8-7-11(18-3)10-14(12)19-4/h5,7-8,10,13,15-17H,1,6,9H2,2-4H3. The van der Waals surface area contributed by atoms with E-state index in [0.29, 0.717) is 18.0 Å². The van der Waals surface area contributed by atoms with Crippen LogP contribution in [0.25, 0.3) is 0 Å². The Morgan fingerprint density at radius 3 is 2.63 bits per heavy atom. The van der Waals surface area contributed by atoms with Gasteiger partial charge in [0.15, 0.2) is 0 Å². The van der Waals surface area contributed by atoms with Gasteiger partial charge < -0.3 is 19.9 Å². The molecular formula is C15H23NO3. The van der Waals surface area contributed by atoms with Gasteiger partial charge in [-0.1, -0.05) is 13.0 Å². The van der Waals surface area contributed by atoms with Crippen molar-refractivity contribution in [1.82, 2.24) is 5.32 Å². The van der Waals surface area contributed by atoms with Gasteiger partial charge in [-0.2, -0.15) is 0 Å². The zero-order valence-corrected chi connectivity index (χ0v) is 11.8. The molecule has 0 saturated heterocycles. The SMILES string of the molecule is C=CCNC(CC)C(O)c1ccc(OC)cc1OC. The monoisotopic (exact) mass is 265 g/mol. The van der Waals surface area contributed by atoms with Gasteiger partial charge >= 0.3 is 0 Å². The molecule has 0 bridgehead atoms. The Balaban J connectivity index is 2.95. The van der Waals surface area contributed by atoms with E-state index in [-0.39, 0.29) is 6.04 Å². The maximum absolute atomic E-state index is 10.5. The van der Waals surface area contributed by atoms with E-state index in [2.05, 4.69) is 11.9 Å². The van der Waals surface area contributed by atoms with Gasteiger partial charge in [0.2, 0.25) is 0 Å². The topological polar surface area (TPSA) is 50.7 Å². The lowest BCUT2D eigenvalue weighted by atomic mass is 9.99. The van der Waals surface area contributed by atoms with Crippen molar-refractivity contribution in [3.05, 3.63) is 36.4 Å². The van der Waals surface area contributed by atoms with Crippen molar-refractivity contribution in [3.8, 4) is 11.5 Å². The predicted molar refractivity (Wildman–Crippen MR) is 76.8 cm³/mol. The molecular weight excluding hydrogens is 242 g/mol. The lowest BCUT2D eigenvalue weighted by Gasteiger charge is -2.24. The second-order valence-corrected chi connectivity index (χ2v) is 4.26. The van der Waals surface area contributed by atoms with Crippen LogP contribution in [0.3, 0.4) is 0 Å². The van der Waals surface area contributed by atoms with E-state index in [1.165, 1.54) is 0 Å². The molecule has 1 aromatic carbocycles. The normalized spacial score (nSPS) is 13.7. The van der Waals surface area contributed by atoms with Crippen LogP contribution in [-0.2, 0) is 0 Å². The van der Waals surface area contributed by atoms with Crippen LogP contribution in [-0.4, -0.2) is 31.9 Å². The highest BCUT2D eigenvalue weighted by atomic mass is 16.5. The Morgan fingerprint density at radius 1 is 1.37 bits per heavy atom. The number of benzene rings is 1. The van der Waals surface area contributed by atoms with Gasteiger partial charge in [-0.3, -0.25) is 0 Å². The summed E-state index contributed by atoms with van der Waals surface area (Å²) in [6.45, 7) is 6.36. The Hall–Kier alpha value is -1.52. The largest absolute Gasteiger partial charge is 0.497 e. The first-order valence-corrected chi connectivity index (χ1v) is 6.42. The molecule has 4 heteroatoms. The second-order valence-electron chi connectivity index (χ2n) is 4.26. The smallest absolute Gasteiger partial charge is 0.128 e. The molecule has 19 heavy (non-hydrogen) atoms. The van der Waals surface area contributed by atoms with E-state index < -0.39 is 6.10 Å². The summed E-state index contributed by atoms with van der Waals surface area (Å²) in [6, 6.07) is 5.39. The average Bonchev–Trinajstić information content (AvgIpc) is 2.46. The van der Waals surface area contributed by atoms with Crippen LogP contribution in [0.4, 0.5) is 0 Å². The van der Waals surface area contributed by atoms with Gasteiger partial charge in [0, 0.05) is 24.2 Å². The molecule has 0 radical (unpaired) electrons. The van der Waals surface area contributed by atoms with E-state index in [1.54, 1.807) is 26.4 Å². The third-order valence-corrected chi connectivity index (χ3v) is 3.10. The molecule has 106 valence electrons. The molecule has 0 aliphatic carbocycles. The summed E-state index contributed by atoms with van der Waals surface area (Å²) in [4.78, 5) is 0. The van der Waals surface area contributed by atoms with Crippen molar-refractivity contribution in [3.63, 3.8) is 0 Å². The van der Waals surface area contributed by atoms with Crippen molar-refractivity contribution in [2.45, 2.75) is 25.5 Å². The molecule has 4 nitrogen and oxygen atoms in total. The number of methoxy groups -OCH3 is 2. The van der Waals surface area contributed by atoms with Crippen LogP contribution >= 0.6 is 0 Å². The predicted octanol–water partition coefficient (Wildman–Crippen LogP) is 2.29. The summed E-state index contributed by atoms with van der Waals surface area (Å²) in [7, 11) is 3.19. The van der Waals surface area contributed by atoms with Gasteiger partial charge in [-0.15, -0.1) is 6.58 Å². The number of ether oxygens (including phenoxy) is 2. The number of hydrogen-bond donors (Lipinski definition) is 2. The molecule has 0 aliphatic heterocycles. The Bertz CT molecular complexity index is 406. The maximum Gasteiger partial charge on any atom is 0.128 e. The maximum atomic E-state index is 10.5. The molecule has 2 unspecified atom stereocenters. The van der Waals surface area contributed by atoms with E-state index in [1.807, 2.05) is 19.1 Å². The third kappa shape index (κ3) is 3.98. The molecule has 1 rings (SSSR count). The van der Waals surface area contributed by atoms with E-state index in [0.717, 1.165) is 12.0 Å². The van der Waals surface area contributed by atoms with Crippen molar-refractivity contribution in [2.24, 2.45) is 0 Å². The summed E-state index contributed by atoms with van der Waals surface area (Å²) in [6.07, 6.45) is 1.95. The minimum absolute atomic E-state index is 0.0414. The van der Waals surface area contributed by atoms with Crippen molar-refractivity contribution < 1.29 is 14.6 Å². The van der Waals surface area contributed by atoms with Crippen LogP contribution in [0.15, 0.2) is 30.9 Å². The minimum atomic E-state index is -0.634. The summed E-state index contributed by atoms with van der Waals surface area (Å²) < 4.78 is 10.5. The summed E-state index contributed by atoms with van der Waals surface area (Å²) in [5, 5.41) is 13.7. The van der Waals surface area contributed by atoms with Crippen LogP contribution in [0.5, 0.6) is 11.5 Å². The quantitative estimate of drug-likeness (QED) is 0.708. The highest BCUT2D eigenvalue weighted by Crippen LogP contribution is 2.31. The van der Waals surface area contributed by atoms with Crippen LogP contribution in [0.1, 0.15) is 25.0 Å². The number of hydrogen-bond acceptors (Lipinski definition) is 4. The number of aliphatic hydroxyl groups excluding tert-OH is 1.